The summed E-state index contributed by atoms with van der Waals surface area (Å²) in [5.41, 5.74) is 1.07. The third-order valence-electron chi connectivity index (χ3n) is 4.61. The number of ether oxygens (including phenoxy) is 3. The van der Waals surface area contributed by atoms with Gasteiger partial charge in [0.15, 0.2) is 0 Å². The van der Waals surface area contributed by atoms with Crippen molar-refractivity contribution in [3.8, 4) is 11.5 Å². The van der Waals surface area contributed by atoms with Gasteiger partial charge in [0, 0.05) is 19.2 Å². The van der Waals surface area contributed by atoms with Gasteiger partial charge in [-0.2, -0.15) is 0 Å². The van der Waals surface area contributed by atoms with Crippen LogP contribution in [0.3, 0.4) is 0 Å². The second-order valence-electron chi connectivity index (χ2n) is 7.49. The molecule has 9 heteroatoms. The van der Waals surface area contributed by atoms with E-state index in [1.54, 1.807) is 43.3 Å². The molecule has 0 aliphatic carbocycles. The van der Waals surface area contributed by atoms with Crippen LogP contribution in [-0.4, -0.2) is 54.3 Å². The zero-order valence-corrected chi connectivity index (χ0v) is 20.1. The summed E-state index contributed by atoms with van der Waals surface area (Å²) in [4.78, 5) is 12.6. The number of methoxy groups -OCH3 is 2. The van der Waals surface area contributed by atoms with E-state index in [4.69, 9.17) is 14.2 Å². The Balaban J connectivity index is 2.33. The zero-order valence-electron chi connectivity index (χ0n) is 19.3. The fraction of sp³-hybridized carbons (Fsp3) is 0.435. The molecule has 2 aromatic rings. The largest absolute Gasteiger partial charge is 0.497 e. The number of hydrogen-bond donors (Lipinski definition) is 1. The Hall–Kier alpha value is -2.78. The van der Waals surface area contributed by atoms with Gasteiger partial charge in [0.25, 0.3) is 10.0 Å². The first-order valence-electron chi connectivity index (χ1n) is 10.4. The van der Waals surface area contributed by atoms with E-state index in [-0.39, 0.29) is 16.7 Å². The molecule has 1 amide bonds. The molecule has 0 heterocycles. The quantitative estimate of drug-likeness (QED) is 0.485. The van der Waals surface area contributed by atoms with Gasteiger partial charge in [-0.3, -0.25) is 9.10 Å². The van der Waals surface area contributed by atoms with Crippen molar-refractivity contribution < 1.29 is 27.4 Å². The van der Waals surface area contributed by atoms with Crippen LogP contribution in [0.5, 0.6) is 11.5 Å². The van der Waals surface area contributed by atoms with Crippen LogP contribution in [0.1, 0.15) is 25.8 Å². The Labute approximate surface area is 190 Å². The first-order valence-corrected chi connectivity index (χ1v) is 11.8. The summed E-state index contributed by atoms with van der Waals surface area (Å²) in [5, 5.41) is 2.76. The fourth-order valence-electron chi connectivity index (χ4n) is 2.99. The maximum atomic E-state index is 13.7. The van der Waals surface area contributed by atoms with Gasteiger partial charge in [-0.25, -0.2) is 8.42 Å². The van der Waals surface area contributed by atoms with Gasteiger partial charge in [-0.15, -0.1) is 0 Å². The average Bonchev–Trinajstić information content (AvgIpc) is 2.76. The number of aryl methyl sites for hydroxylation is 1. The predicted molar refractivity (Wildman–Crippen MR) is 124 cm³/mol. The summed E-state index contributed by atoms with van der Waals surface area (Å²) in [6.45, 7) is 6.17. The van der Waals surface area contributed by atoms with Crippen molar-refractivity contribution in [1.29, 1.82) is 0 Å². The zero-order chi connectivity index (χ0) is 23.7. The van der Waals surface area contributed by atoms with E-state index in [0.29, 0.717) is 31.0 Å². The maximum Gasteiger partial charge on any atom is 0.268 e. The lowest BCUT2D eigenvalue weighted by Crippen LogP contribution is -2.41. The SMILES string of the molecule is COc1cccc(N(CC(=O)NCCCOC(C)C)S(=O)(=O)c2cc(C)ccc2OC)c1. The molecule has 0 atom stereocenters. The minimum absolute atomic E-state index is 0.0130. The highest BCUT2D eigenvalue weighted by Gasteiger charge is 2.30. The van der Waals surface area contributed by atoms with Gasteiger partial charge in [0.2, 0.25) is 5.91 Å². The summed E-state index contributed by atoms with van der Waals surface area (Å²) >= 11 is 0. The molecule has 0 bridgehead atoms. The van der Waals surface area contributed by atoms with Crippen LogP contribution in [0.4, 0.5) is 5.69 Å². The fourth-order valence-corrected chi connectivity index (χ4v) is 4.65. The van der Waals surface area contributed by atoms with E-state index in [1.807, 2.05) is 13.8 Å². The molecule has 1 N–H and O–H groups in total. The van der Waals surface area contributed by atoms with Crippen LogP contribution in [0.2, 0.25) is 0 Å². The number of anilines is 1. The Morgan fingerprint density at radius 1 is 1.09 bits per heavy atom. The molecule has 176 valence electrons. The summed E-state index contributed by atoms with van der Waals surface area (Å²) in [6, 6.07) is 11.5. The molecule has 2 aromatic carbocycles. The maximum absolute atomic E-state index is 13.7. The van der Waals surface area contributed by atoms with Crippen molar-refractivity contribution in [2.24, 2.45) is 0 Å². The lowest BCUT2D eigenvalue weighted by molar-refractivity contribution is -0.119. The molecule has 0 radical (unpaired) electrons. The van der Waals surface area contributed by atoms with E-state index in [2.05, 4.69) is 5.32 Å². The molecule has 0 saturated heterocycles. The predicted octanol–water partition coefficient (Wildman–Crippen LogP) is 3.14. The number of hydrogen-bond acceptors (Lipinski definition) is 6. The van der Waals surface area contributed by atoms with Gasteiger partial charge < -0.3 is 19.5 Å². The van der Waals surface area contributed by atoms with Gasteiger partial charge in [-0.05, 0) is 57.0 Å². The third kappa shape index (κ3) is 6.86. The Bertz CT molecular complexity index is 1010. The Morgan fingerprint density at radius 3 is 2.50 bits per heavy atom. The molecular formula is C23H32N2O6S. The molecule has 0 aliphatic rings. The summed E-state index contributed by atoms with van der Waals surface area (Å²) < 4.78 is 44.4. The summed E-state index contributed by atoms with van der Waals surface area (Å²) in [7, 11) is -1.22. The lowest BCUT2D eigenvalue weighted by Gasteiger charge is -2.25. The van der Waals surface area contributed by atoms with Crippen molar-refractivity contribution in [3.05, 3.63) is 48.0 Å². The molecular weight excluding hydrogens is 432 g/mol. The average molecular weight is 465 g/mol. The number of carbonyl (C=O) groups is 1. The van der Waals surface area contributed by atoms with Crippen molar-refractivity contribution in [3.63, 3.8) is 0 Å². The van der Waals surface area contributed by atoms with E-state index in [9.17, 15) is 13.2 Å². The van der Waals surface area contributed by atoms with Gasteiger partial charge in [-0.1, -0.05) is 12.1 Å². The van der Waals surface area contributed by atoms with Crippen LogP contribution in [0.25, 0.3) is 0 Å². The second kappa shape index (κ2) is 11.7. The van der Waals surface area contributed by atoms with Crippen LogP contribution in [0, 0.1) is 6.92 Å². The molecule has 32 heavy (non-hydrogen) atoms. The second-order valence-corrected chi connectivity index (χ2v) is 9.32. The van der Waals surface area contributed by atoms with Gasteiger partial charge in [0.1, 0.15) is 22.9 Å². The smallest absolute Gasteiger partial charge is 0.268 e. The standard InChI is InChI=1S/C23H32N2O6S/c1-17(2)31-13-7-12-24-23(26)16-25(19-8-6-9-20(15-19)29-4)32(27,28)22-14-18(3)10-11-21(22)30-5/h6,8-11,14-15,17H,7,12-13,16H2,1-5H3,(H,24,26). The van der Waals surface area contributed by atoms with Gasteiger partial charge in [0.05, 0.1) is 26.0 Å². The van der Waals surface area contributed by atoms with Crippen molar-refractivity contribution in [2.75, 3.05) is 38.2 Å². The van der Waals surface area contributed by atoms with E-state index >= 15 is 0 Å². The summed E-state index contributed by atoms with van der Waals surface area (Å²) in [6.07, 6.45) is 0.741. The highest BCUT2D eigenvalue weighted by atomic mass is 32.2. The number of nitrogens with zero attached hydrogens (tertiary/aromatic N) is 1. The Morgan fingerprint density at radius 2 is 1.84 bits per heavy atom. The normalized spacial score (nSPS) is 11.3. The molecule has 8 nitrogen and oxygen atoms in total. The summed E-state index contributed by atoms with van der Waals surface area (Å²) in [5.74, 6) is 0.257. The number of amides is 1. The molecule has 0 aromatic heterocycles. The van der Waals surface area contributed by atoms with Crippen molar-refractivity contribution in [2.45, 2.75) is 38.2 Å². The monoisotopic (exact) mass is 464 g/mol. The minimum atomic E-state index is -4.12. The molecule has 0 spiro atoms. The van der Waals surface area contributed by atoms with Crippen LogP contribution in [-0.2, 0) is 19.6 Å². The number of nitrogens with one attached hydrogen (secondary N) is 1. The highest BCUT2D eigenvalue weighted by Crippen LogP contribution is 2.32. The Kier molecular flexibility index (Phi) is 9.34. The van der Waals surface area contributed by atoms with Crippen LogP contribution in [0.15, 0.2) is 47.4 Å². The lowest BCUT2D eigenvalue weighted by atomic mass is 10.2. The first kappa shape index (κ1) is 25.5. The molecule has 0 fully saturated rings. The minimum Gasteiger partial charge on any atom is -0.497 e. The number of benzene rings is 2. The van der Waals surface area contributed by atoms with Crippen LogP contribution >= 0.6 is 0 Å². The van der Waals surface area contributed by atoms with Crippen molar-refractivity contribution in [1.82, 2.24) is 5.32 Å². The molecule has 0 saturated carbocycles. The number of rotatable bonds is 12. The molecule has 0 aliphatic heterocycles. The van der Waals surface area contributed by atoms with E-state index in [1.165, 1.54) is 20.3 Å². The van der Waals surface area contributed by atoms with Crippen molar-refractivity contribution >= 4 is 21.6 Å². The van der Waals surface area contributed by atoms with E-state index < -0.39 is 22.5 Å². The van der Waals surface area contributed by atoms with Crippen LogP contribution < -0.4 is 19.1 Å². The first-order chi connectivity index (χ1) is 15.2. The molecule has 2 rings (SSSR count). The van der Waals surface area contributed by atoms with Gasteiger partial charge >= 0.3 is 0 Å². The third-order valence-corrected chi connectivity index (χ3v) is 6.41. The molecule has 0 unspecified atom stereocenters. The number of sulfonamides is 1. The number of carbonyl (C=O) groups excluding carboxylic acids is 1. The highest BCUT2D eigenvalue weighted by molar-refractivity contribution is 7.93. The topological polar surface area (TPSA) is 94.2 Å². The van der Waals surface area contributed by atoms with E-state index in [0.717, 1.165) is 9.87 Å².